The Kier molecular flexibility index (Phi) is 5.11. The number of carboxylic acids is 1. The highest BCUT2D eigenvalue weighted by molar-refractivity contribution is 7.99. The first-order chi connectivity index (χ1) is 9.56. The summed E-state index contributed by atoms with van der Waals surface area (Å²) < 4.78 is 0. The van der Waals surface area contributed by atoms with Crippen molar-refractivity contribution >= 4 is 29.7 Å². The molecule has 2 rings (SSSR count). The van der Waals surface area contributed by atoms with E-state index in [-0.39, 0.29) is 37.0 Å². The lowest BCUT2D eigenvalue weighted by molar-refractivity contribution is -0.138. The maximum atomic E-state index is 12.0. The molecule has 1 saturated carbocycles. The van der Waals surface area contributed by atoms with Gasteiger partial charge in [0.15, 0.2) is 0 Å². The number of amides is 3. The van der Waals surface area contributed by atoms with Gasteiger partial charge in [0.05, 0.1) is 19.0 Å². The van der Waals surface area contributed by atoms with Gasteiger partial charge in [0, 0.05) is 24.1 Å². The van der Waals surface area contributed by atoms with Gasteiger partial charge in [-0.3, -0.25) is 9.59 Å². The number of rotatable bonds is 5. The van der Waals surface area contributed by atoms with Gasteiger partial charge in [-0.15, -0.1) is 0 Å². The Labute approximate surface area is 121 Å². The van der Waals surface area contributed by atoms with Crippen molar-refractivity contribution in [2.75, 3.05) is 24.6 Å². The summed E-state index contributed by atoms with van der Waals surface area (Å²) in [5.74, 6) is 0.301. The fraction of sp³-hybridized carbons (Fsp3) is 0.750. The minimum absolute atomic E-state index is 0.0568. The smallest absolute Gasteiger partial charge is 0.318 e. The van der Waals surface area contributed by atoms with Gasteiger partial charge >= 0.3 is 12.0 Å². The molecule has 1 aliphatic heterocycles. The van der Waals surface area contributed by atoms with E-state index >= 15 is 0 Å². The zero-order valence-electron chi connectivity index (χ0n) is 11.1. The molecule has 2 aliphatic rings. The van der Waals surface area contributed by atoms with Crippen LogP contribution in [0.2, 0.25) is 0 Å². The summed E-state index contributed by atoms with van der Waals surface area (Å²) in [6.45, 7) is 0.456. The van der Waals surface area contributed by atoms with Gasteiger partial charge in [-0.25, -0.2) is 4.79 Å². The number of carboxylic acid groups (broad SMARTS) is 1. The summed E-state index contributed by atoms with van der Waals surface area (Å²) >= 11 is 1.64. The summed E-state index contributed by atoms with van der Waals surface area (Å²) in [5.41, 5.74) is 0. The summed E-state index contributed by atoms with van der Waals surface area (Å²) in [6.07, 6.45) is 1.95. The van der Waals surface area contributed by atoms with Crippen molar-refractivity contribution in [2.45, 2.75) is 31.3 Å². The minimum Gasteiger partial charge on any atom is -0.481 e. The van der Waals surface area contributed by atoms with Crippen molar-refractivity contribution < 1.29 is 19.5 Å². The van der Waals surface area contributed by atoms with E-state index < -0.39 is 5.97 Å². The standard InChI is InChI=1S/C12H19N3O4S/c16-10(14-8-1-2-8)6-13-12(19)15-3-4-20-7-9(15)5-11(17)18/h8-9H,1-7H2,(H,13,19)(H,14,16)(H,17,18). The highest BCUT2D eigenvalue weighted by atomic mass is 32.2. The van der Waals surface area contributed by atoms with Crippen molar-refractivity contribution in [1.29, 1.82) is 0 Å². The number of aliphatic carboxylic acids is 1. The predicted octanol–water partition coefficient (Wildman–Crippen LogP) is -0.133. The lowest BCUT2D eigenvalue weighted by atomic mass is 10.2. The van der Waals surface area contributed by atoms with E-state index in [1.54, 1.807) is 11.8 Å². The van der Waals surface area contributed by atoms with Crippen LogP contribution in [0.15, 0.2) is 0 Å². The lowest BCUT2D eigenvalue weighted by Crippen LogP contribution is -2.52. The molecule has 1 heterocycles. The van der Waals surface area contributed by atoms with Gasteiger partial charge in [0.2, 0.25) is 5.91 Å². The van der Waals surface area contributed by atoms with Gasteiger partial charge in [-0.2, -0.15) is 11.8 Å². The second-order valence-corrected chi connectivity index (χ2v) is 6.17. The van der Waals surface area contributed by atoms with E-state index in [0.717, 1.165) is 18.6 Å². The van der Waals surface area contributed by atoms with E-state index in [1.165, 1.54) is 4.90 Å². The first-order valence-electron chi connectivity index (χ1n) is 6.69. The Hall–Kier alpha value is -1.44. The molecule has 0 radical (unpaired) electrons. The van der Waals surface area contributed by atoms with Crippen LogP contribution in [0.25, 0.3) is 0 Å². The summed E-state index contributed by atoms with van der Waals surface area (Å²) in [7, 11) is 0. The van der Waals surface area contributed by atoms with Crippen molar-refractivity contribution in [3.05, 3.63) is 0 Å². The summed E-state index contributed by atoms with van der Waals surface area (Å²) in [4.78, 5) is 35.8. The molecule has 0 aromatic heterocycles. The minimum atomic E-state index is -0.915. The highest BCUT2D eigenvalue weighted by Crippen LogP contribution is 2.19. The Balaban J connectivity index is 1.78. The van der Waals surface area contributed by atoms with Crippen molar-refractivity contribution in [3.63, 3.8) is 0 Å². The lowest BCUT2D eigenvalue weighted by Gasteiger charge is -2.34. The Bertz CT molecular complexity index is 400. The first-order valence-corrected chi connectivity index (χ1v) is 7.85. The summed E-state index contributed by atoms with van der Waals surface area (Å²) in [5, 5.41) is 14.2. The van der Waals surface area contributed by atoms with E-state index in [4.69, 9.17) is 5.11 Å². The fourth-order valence-corrected chi connectivity index (χ4v) is 3.12. The molecular weight excluding hydrogens is 282 g/mol. The van der Waals surface area contributed by atoms with Gasteiger partial charge in [0.1, 0.15) is 0 Å². The van der Waals surface area contributed by atoms with Crippen LogP contribution in [0.3, 0.4) is 0 Å². The second-order valence-electron chi connectivity index (χ2n) is 5.02. The third-order valence-corrected chi connectivity index (χ3v) is 4.33. The van der Waals surface area contributed by atoms with Crippen LogP contribution < -0.4 is 10.6 Å². The number of urea groups is 1. The van der Waals surface area contributed by atoms with Gasteiger partial charge in [-0.05, 0) is 12.8 Å². The third-order valence-electron chi connectivity index (χ3n) is 3.24. The number of hydrogen-bond donors (Lipinski definition) is 3. The zero-order valence-corrected chi connectivity index (χ0v) is 11.9. The molecule has 2 fully saturated rings. The fourth-order valence-electron chi connectivity index (χ4n) is 2.06. The van der Waals surface area contributed by atoms with Crippen LogP contribution in [-0.2, 0) is 9.59 Å². The number of nitrogens with one attached hydrogen (secondary N) is 2. The van der Waals surface area contributed by atoms with Crippen molar-refractivity contribution in [2.24, 2.45) is 0 Å². The molecule has 3 amide bonds. The second kappa shape index (κ2) is 6.83. The average Bonchev–Trinajstić information content (AvgIpc) is 3.20. The van der Waals surface area contributed by atoms with E-state index in [2.05, 4.69) is 10.6 Å². The Morgan fingerprint density at radius 3 is 2.70 bits per heavy atom. The summed E-state index contributed by atoms with van der Waals surface area (Å²) in [6, 6.07) is -0.397. The molecule has 1 atom stereocenters. The largest absolute Gasteiger partial charge is 0.481 e. The Morgan fingerprint density at radius 2 is 2.05 bits per heavy atom. The quantitative estimate of drug-likeness (QED) is 0.657. The molecule has 1 unspecified atom stereocenters. The molecule has 1 saturated heterocycles. The SMILES string of the molecule is O=C(O)CC1CSCCN1C(=O)NCC(=O)NC1CC1. The van der Waals surface area contributed by atoms with Gasteiger partial charge in [-0.1, -0.05) is 0 Å². The molecule has 3 N–H and O–H groups in total. The van der Waals surface area contributed by atoms with Gasteiger partial charge in [0.25, 0.3) is 0 Å². The number of carbonyl (C=O) groups excluding carboxylic acids is 2. The maximum Gasteiger partial charge on any atom is 0.318 e. The molecule has 7 nitrogen and oxygen atoms in total. The van der Waals surface area contributed by atoms with Crippen LogP contribution in [0.4, 0.5) is 4.79 Å². The molecule has 0 aromatic rings. The Morgan fingerprint density at radius 1 is 1.30 bits per heavy atom. The van der Waals surface area contributed by atoms with Crippen molar-refractivity contribution in [3.8, 4) is 0 Å². The maximum absolute atomic E-state index is 12.0. The van der Waals surface area contributed by atoms with Crippen LogP contribution in [0, 0.1) is 0 Å². The first kappa shape index (κ1) is 15.0. The van der Waals surface area contributed by atoms with Crippen LogP contribution >= 0.6 is 11.8 Å². The molecule has 1 aliphatic carbocycles. The van der Waals surface area contributed by atoms with Gasteiger partial charge < -0.3 is 20.6 Å². The number of thioether (sulfide) groups is 1. The molecular formula is C12H19N3O4S. The molecule has 0 aromatic carbocycles. The van der Waals surface area contributed by atoms with Crippen LogP contribution in [-0.4, -0.2) is 64.6 Å². The highest BCUT2D eigenvalue weighted by Gasteiger charge is 2.29. The molecule has 0 bridgehead atoms. The zero-order chi connectivity index (χ0) is 14.5. The topological polar surface area (TPSA) is 98.7 Å². The molecule has 0 spiro atoms. The van der Waals surface area contributed by atoms with E-state index in [1.807, 2.05) is 0 Å². The third kappa shape index (κ3) is 4.59. The number of hydrogen-bond acceptors (Lipinski definition) is 4. The number of carbonyl (C=O) groups is 3. The van der Waals surface area contributed by atoms with E-state index in [9.17, 15) is 14.4 Å². The van der Waals surface area contributed by atoms with Crippen molar-refractivity contribution in [1.82, 2.24) is 15.5 Å². The molecule has 8 heteroatoms. The van der Waals surface area contributed by atoms with E-state index in [0.29, 0.717) is 12.3 Å². The molecule has 112 valence electrons. The predicted molar refractivity (Wildman–Crippen MR) is 74.6 cm³/mol. The molecule has 20 heavy (non-hydrogen) atoms. The monoisotopic (exact) mass is 301 g/mol. The average molecular weight is 301 g/mol. The normalized spacial score (nSPS) is 22.2. The van der Waals surface area contributed by atoms with Crippen LogP contribution in [0.1, 0.15) is 19.3 Å². The van der Waals surface area contributed by atoms with Crippen LogP contribution in [0.5, 0.6) is 0 Å². The number of nitrogens with zero attached hydrogens (tertiary/aromatic N) is 1.